The molecule has 0 bridgehead atoms. The number of amides is 2. The summed E-state index contributed by atoms with van der Waals surface area (Å²) < 4.78 is 0.296. The van der Waals surface area contributed by atoms with Crippen molar-refractivity contribution in [1.82, 2.24) is 20.4 Å². The molecule has 1 aliphatic heterocycles. The summed E-state index contributed by atoms with van der Waals surface area (Å²) in [4.78, 5) is 32.4. The standard InChI is InChI=1S/C19H35N5O2S/c1-15(2)22-16(25)12-20-18(21-13-17(26)23(3)4)24-10-11-27-19(14-24)8-6-5-7-9-19/h15H,5-14H2,1-4H3,(H,20,21)(H,22,25). The van der Waals surface area contributed by atoms with Crippen LogP contribution in [-0.4, -0.2) is 84.4 Å². The lowest BCUT2D eigenvalue weighted by Crippen LogP contribution is -2.54. The Morgan fingerprint density at radius 3 is 2.56 bits per heavy atom. The molecule has 8 heteroatoms. The van der Waals surface area contributed by atoms with Crippen LogP contribution in [0.15, 0.2) is 4.99 Å². The SMILES string of the molecule is CC(C)NC(=O)CN=C(NCC(=O)N(C)C)N1CCSC2(CCCCC2)C1. The van der Waals surface area contributed by atoms with Gasteiger partial charge in [0.05, 0.1) is 6.54 Å². The lowest BCUT2D eigenvalue weighted by atomic mass is 9.87. The molecule has 0 aromatic carbocycles. The molecule has 2 aliphatic rings. The molecule has 2 rings (SSSR count). The monoisotopic (exact) mass is 397 g/mol. The Hall–Kier alpha value is -1.44. The first-order valence-electron chi connectivity index (χ1n) is 9.98. The number of aliphatic imine (C=N–C) groups is 1. The van der Waals surface area contributed by atoms with Crippen molar-refractivity contribution in [3.8, 4) is 0 Å². The minimum Gasteiger partial charge on any atom is -0.352 e. The van der Waals surface area contributed by atoms with Crippen molar-refractivity contribution in [2.45, 2.75) is 56.7 Å². The summed E-state index contributed by atoms with van der Waals surface area (Å²) in [5, 5.41) is 6.07. The molecule has 1 heterocycles. The number of hydrogen-bond donors (Lipinski definition) is 2. The summed E-state index contributed by atoms with van der Waals surface area (Å²) >= 11 is 2.09. The predicted octanol–water partition coefficient (Wildman–Crippen LogP) is 1.30. The van der Waals surface area contributed by atoms with Crippen LogP contribution in [0.3, 0.4) is 0 Å². The van der Waals surface area contributed by atoms with Crippen LogP contribution in [-0.2, 0) is 9.59 Å². The lowest BCUT2D eigenvalue weighted by Gasteiger charge is -2.45. The first kappa shape index (κ1) is 21.9. The Balaban J connectivity index is 2.07. The van der Waals surface area contributed by atoms with Crippen LogP contribution in [0.4, 0.5) is 0 Å². The van der Waals surface area contributed by atoms with Gasteiger partial charge < -0.3 is 20.4 Å². The zero-order valence-corrected chi connectivity index (χ0v) is 18.0. The Morgan fingerprint density at radius 2 is 1.93 bits per heavy atom. The average Bonchev–Trinajstić information content (AvgIpc) is 2.61. The highest BCUT2D eigenvalue weighted by Gasteiger charge is 2.38. The van der Waals surface area contributed by atoms with Gasteiger partial charge in [-0.1, -0.05) is 19.3 Å². The number of nitrogens with zero attached hydrogens (tertiary/aromatic N) is 3. The number of nitrogens with one attached hydrogen (secondary N) is 2. The van der Waals surface area contributed by atoms with E-state index in [-0.39, 0.29) is 30.9 Å². The minimum atomic E-state index is -0.0954. The van der Waals surface area contributed by atoms with Gasteiger partial charge in [-0.05, 0) is 26.7 Å². The molecule has 1 saturated heterocycles. The van der Waals surface area contributed by atoms with Crippen molar-refractivity contribution >= 4 is 29.5 Å². The maximum atomic E-state index is 12.0. The highest BCUT2D eigenvalue weighted by molar-refractivity contribution is 8.00. The second kappa shape index (κ2) is 10.2. The van der Waals surface area contributed by atoms with Crippen LogP contribution >= 0.6 is 11.8 Å². The van der Waals surface area contributed by atoms with Crippen molar-refractivity contribution < 1.29 is 9.59 Å². The highest BCUT2D eigenvalue weighted by Crippen LogP contribution is 2.42. The van der Waals surface area contributed by atoms with E-state index in [2.05, 4.69) is 32.3 Å². The van der Waals surface area contributed by atoms with E-state index in [4.69, 9.17) is 0 Å². The van der Waals surface area contributed by atoms with Crippen molar-refractivity contribution in [2.75, 3.05) is 46.0 Å². The molecule has 7 nitrogen and oxygen atoms in total. The van der Waals surface area contributed by atoms with E-state index in [0.29, 0.717) is 10.7 Å². The van der Waals surface area contributed by atoms with E-state index in [9.17, 15) is 9.59 Å². The highest BCUT2D eigenvalue weighted by atomic mass is 32.2. The van der Waals surface area contributed by atoms with Gasteiger partial charge in [0.1, 0.15) is 6.54 Å². The van der Waals surface area contributed by atoms with Gasteiger partial charge in [0.15, 0.2) is 5.96 Å². The van der Waals surface area contributed by atoms with Crippen LogP contribution in [0.2, 0.25) is 0 Å². The molecule has 27 heavy (non-hydrogen) atoms. The molecular weight excluding hydrogens is 362 g/mol. The summed E-state index contributed by atoms with van der Waals surface area (Å²) in [5.74, 6) is 1.63. The average molecular weight is 398 g/mol. The van der Waals surface area contributed by atoms with Gasteiger partial charge in [-0.3, -0.25) is 9.59 Å². The first-order chi connectivity index (χ1) is 12.8. The molecule has 0 atom stereocenters. The van der Waals surface area contributed by atoms with E-state index < -0.39 is 0 Å². The number of rotatable bonds is 5. The zero-order chi connectivity index (χ0) is 19.9. The van der Waals surface area contributed by atoms with Gasteiger partial charge in [0, 0.05) is 43.7 Å². The molecule has 2 fully saturated rings. The molecule has 0 aromatic rings. The number of thioether (sulfide) groups is 1. The van der Waals surface area contributed by atoms with Crippen molar-refractivity contribution in [2.24, 2.45) is 4.99 Å². The van der Waals surface area contributed by atoms with E-state index in [1.165, 1.54) is 32.1 Å². The normalized spacial score (nSPS) is 19.9. The van der Waals surface area contributed by atoms with Crippen LogP contribution < -0.4 is 10.6 Å². The summed E-state index contributed by atoms with van der Waals surface area (Å²) in [6.45, 7) is 5.96. The fraction of sp³-hybridized carbons (Fsp3) is 0.842. The van der Waals surface area contributed by atoms with Gasteiger partial charge >= 0.3 is 0 Å². The van der Waals surface area contributed by atoms with Gasteiger partial charge in [-0.25, -0.2) is 4.99 Å². The largest absolute Gasteiger partial charge is 0.352 e. The number of guanidine groups is 1. The van der Waals surface area contributed by atoms with E-state index >= 15 is 0 Å². The Labute approximate surface area is 167 Å². The third kappa shape index (κ3) is 6.90. The molecule has 1 aliphatic carbocycles. The van der Waals surface area contributed by atoms with Crippen molar-refractivity contribution in [3.63, 3.8) is 0 Å². The predicted molar refractivity (Wildman–Crippen MR) is 112 cm³/mol. The Bertz CT molecular complexity index is 539. The van der Waals surface area contributed by atoms with Crippen LogP contribution in [0.5, 0.6) is 0 Å². The molecular formula is C19H35N5O2S. The van der Waals surface area contributed by atoms with E-state index in [0.717, 1.165) is 18.8 Å². The molecule has 154 valence electrons. The summed E-state index contributed by atoms with van der Waals surface area (Å²) in [6, 6.07) is 0.0938. The third-order valence-corrected chi connectivity index (χ3v) is 6.57. The van der Waals surface area contributed by atoms with Crippen molar-refractivity contribution in [1.29, 1.82) is 0 Å². The fourth-order valence-electron chi connectivity index (χ4n) is 3.62. The fourth-order valence-corrected chi connectivity index (χ4v) is 5.19. The van der Waals surface area contributed by atoms with Gasteiger partial charge in [-0.15, -0.1) is 0 Å². The van der Waals surface area contributed by atoms with Crippen molar-refractivity contribution in [3.05, 3.63) is 0 Å². The van der Waals surface area contributed by atoms with Gasteiger partial charge in [-0.2, -0.15) is 11.8 Å². The minimum absolute atomic E-state index is 0.00639. The second-order valence-electron chi connectivity index (χ2n) is 8.02. The topological polar surface area (TPSA) is 77.0 Å². The van der Waals surface area contributed by atoms with E-state index in [1.807, 2.05) is 13.8 Å². The Morgan fingerprint density at radius 1 is 1.22 bits per heavy atom. The molecule has 0 unspecified atom stereocenters. The number of carbonyl (C=O) groups is 2. The maximum Gasteiger partial charge on any atom is 0.242 e. The number of likely N-dealkylation sites (N-methyl/N-ethyl adjacent to an activating group) is 1. The molecule has 2 amide bonds. The van der Waals surface area contributed by atoms with Crippen LogP contribution in [0.1, 0.15) is 46.0 Å². The molecule has 0 aromatic heterocycles. The first-order valence-corrected chi connectivity index (χ1v) is 11.0. The van der Waals surface area contributed by atoms with Crippen LogP contribution in [0.25, 0.3) is 0 Å². The van der Waals surface area contributed by atoms with Crippen LogP contribution in [0, 0.1) is 0 Å². The second-order valence-corrected chi connectivity index (χ2v) is 9.58. The van der Waals surface area contributed by atoms with E-state index in [1.54, 1.807) is 19.0 Å². The number of hydrogen-bond acceptors (Lipinski definition) is 4. The summed E-state index contributed by atoms with van der Waals surface area (Å²) in [7, 11) is 3.48. The van der Waals surface area contributed by atoms with Gasteiger partial charge in [0.2, 0.25) is 11.8 Å². The molecule has 1 saturated carbocycles. The smallest absolute Gasteiger partial charge is 0.242 e. The number of carbonyl (C=O) groups excluding carboxylic acids is 2. The molecule has 0 radical (unpaired) electrons. The molecule has 1 spiro atoms. The zero-order valence-electron chi connectivity index (χ0n) is 17.2. The molecule has 2 N–H and O–H groups in total. The third-order valence-electron chi connectivity index (χ3n) is 5.03. The quantitative estimate of drug-likeness (QED) is 0.540. The maximum absolute atomic E-state index is 12.0. The van der Waals surface area contributed by atoms with Gasteiger partial charge in [0.25, 0.3) is 0 Å². The Kier molecular flexibility index (Phi) is 8.26. The lowest BCUT2D eigenvalue weighted by molar-refractivity contribution is -0.127. The summed E-state index contributed by atoms with van der Waals surface area (Å²) in [5.41, 5.74) is 0. The summed E-state index contributed by atoms with van der Waals surface area (Å²) in [6.07, 6.45) is 6.39.